The molecule has 0 radical (unpaired) electrons. The fourth-order valence-corrected chi connectivity index (χ4v) is 3.31. The van der Waals surface area contributed by atoms with Crippen molar-refractivity contribution in [1.82, 2.24) is 20.0 Å². The van der Waals surface area contributed by atoms with Crippen molar-refractivity contribution in [3.63, 3.8) is 0 Å². The summed E-state index contributed by atoms with van der Waals surface area (Å²) in [6.07, 6.45) is 3.52. The zero-order valence-electron chi connectivity index (χ0n) is 12.2. The molecule has 2 aromatic heterocycles. The first-order valence-corrected chi connectivity index (χ1v) is 7.63. The van der Waals surface area contributed by atoms with Crippen LogP contribution in [0.25, 0.3) is 5.69 Å². The quantitative estimate of drug-likeness (QED) is 0.801. The van der Waals surface area contributed by atoms with Crippen LogP contribution in [0.15, 0.2) is 36.7 Å². The average Bonchev–Trinajstić information content (AvgIpc) is 3.09. The van der Waals surface area contributed by atoms with E-state index in [0.29, 0.717) is 0 Å². The number of nitrogens with zero attached hydrogens (tertiary/aromatic N) is 4. The molecule has 2 heterocycles. The van der Waals surface area contributed by atoms with Gasteiger partial charge in [0.15, 0.2) is 0 Å². The molecule has 0 spiro atoms. The molecule has 108 valence electrons. The van der Waals surface area contributed by atoms with E-state index < -0.39 is 0 Å². The van der Waals surface area contributed by atoms with Gasteiger partial charge in [-0.3, -0.25) is 0 Å². The summed E-state index contributed by atoms with van der Waals surface area (Å²) in [7, 11) is 0. The minimum atomic E-state index is 0.195. The van der Waals surface area contributed by atoms with Crippen molar-refractivity contribution >= 4 is 17.0 Å². The Balaban J connectivity index is 1.90. The number of hydrogen-bond acceptors (Lipinski definition) is 5. The molecular weight excluding hydrogens is 282 g/mol. The second kappa shape index (κ2) is 5.65. The number of benzene rings is 1. The molecule has 0 saturated carbocycles. The molecule has 1 atom stereocenters. The van der Waals surface area contributed by atoms with Crippen LogP contribution in [0, 0.1) is 13.8 Å². The number of thiazole rings is 1. The molecule has 6 heteroatoms. The zero-order valence-corrected chi connectivity index (χ0v) is 13.1. The van der Waals surface area contributed by atoms with E-state index in [1.54, 1.807) is 22.2 Å². The van der Waals surface area contributed by atoms with E-state index in [2.05, 4.69) is 40.5 Å². The van der Waals surface area contributed by atoms with Crippen molar-refractivity contribution in [2.24, 2.45) is 0 Å². The topological polar surface area (TPSA) is 55.6 Å². The highest BCUT2D eigenvalue weighted by molar-refractivity contribution is 7.11. The van der Waals surface area contributed by atoms with E-state index in [1.807, 2.05) is 31.3 Å². The highest BCUT2D eigenvalue weighted by atomic mass is 32.1. The van der Waals surface area contributed by atoms with E-state index in [-0.39, 0.29) is 6.04 Å². The SMILES string of the molecule is Cc1nc(C)c(C(C)Nc2ccccc2-n2ccnn2)s1. The largest absolute Gasteiger partial charge is 0.376 e. The number of aromatic nitrogens is 4. The molecule has 1 N–H and O–H groups in total. The Labute approximate surface area is 127 Å². The first kappa shape index (κ1) is 13.8. The maximum atomic E-state index is 4.50. The van der Waals surface area contributed by atoms with Crippen molar-refractivity contribution in [3.05, 3.63) is 52.2 Å². The molecule has 21 heavy (non-hydrogen) atoms. The highest BCUT2D eigenvalue weighted by Gasteiger charge is 2.14. The van der Waals surface area contributed by atoms with Crippen LogP contribution in [0.3, 0.4) is 0 Å². The van der Waals surface area contributed by atoms with Crippen LogP contribution in [0.1, 0.15) is 28.5 Å². The van der Waals surface area contributed by atoms with Crippen LogP contribution in [0.2, 0.25) is 0 Å². The van der Waals surface area contributed by atoms with Gasteiger partial charge in [-0.25, -0.2) is 9.67 Å². The first-order chi connectivity index (χ1) is 10.1. The monoisotopic (exact) mass is 299 g/mol. The van der Waals surface area contributed by atoms with Crippen LogP contribution in [0.4, 0.5) is 5.69 Å². The van der Waals surface area contributed by atoms with Gasteiger partial charge in [-0.15, -0.1) is 16.4 Å². The molecule has 0 aliphatic heterocycles. The van der Waals surface area contributed by atoms with Gasteiger partial charge >= 0.3 is 0 Å². The van der Waals surface area contributed by atoms with Crippen molar-refractivity contribution < 1.29 is 0 Å². The van der Waals surface area contributed by atoms with Crippen LogP contribution in [0.5, 0.6) is 0 Å². The fraction of sp³-hybridized carbons (Fsp3) is 0.267. The predicted octanol–water partition coefficient (Wildman–Crippen LogP) is 3.51. The second-order valence-electron chi connectivity index (χ2n) is 4.91. The number of para-hydroxylation sites is 2. The van der Waals surface area contributed by atoms with E-state index in [4.69, 9.17) is 0 Å². The minimum absolute atomic E-state index is 0.195. The third kappa shape index (κ3) is 2.80. The lowest BCUT2D eigenvalue weighted by Gasteiger charge is -2.17. The average molecular weight is 299 g/mol. The first-order valence-electron chi connectivity index (χ1n) is 6.81. The lowest BCUT2D eigenvalue weighted by atomic mass is 10.2. The third-order valence-corrected chi connectivity index (χ3v) is 4.53. The summed E-state index contributed by atoms with van der Waals surface area (Å²) < 4.78 is 1.76. The Hall–Kier alpha value is -2.21. The number of aryl methyl sites for hydroxylation is 2. The smallest absolute Gasteiger partial charge is 0.0900 e. The molecule has 1 aromatic carbocycles. The summed E-state index contributed by atoms with van der Waals surface area (Å²) in [6, 6.07) is 8.28. The lowest BCUT2D eigenvalue weighted by molar-refractivity contribution is 0.798. The van der Waals surface area contributed by atoms with Gasteiger partial charge < -0.3 is 5.32 Å². The van der Waals surface area contributed by atoms with Crippen LogP contribution >= 0.6 is 11.3 Å². The second-order valence-corrected chi connectivity index (χ2v) is 6.15. The molecule has 0 aliphatic carbocycles. The molecule has 0 bridgehead atoms. The van der Waals surface area contributed by atoms with Crippen molar-refractivity contribution in [1.29, 1.82) is 0 Å². The Morgan fingerprint density at radius 3 is 2.71 bits per heavy atom. The van der Waals surface area contributed by atoms with Gasteiger partial charge in [0, 0.05) is 4.88 Å². The van der Waals surface area contributed by atoms with Gasteiger partial charge in [0.1, 0.15) is 0 Å². The highest BCUT2D eigenvalue weighted by Crippen LogP contribution is 2.29. The molecule has 0 saturated heterocycles. The van der Waals surface area contributed by atoms with Gasteiger partial charge in [0.2, 0.25) is 0 Å². The number of rotatable bonds is 4. The third-order valence-electron chi connectivity index (χ3n) is 3.28. The Morgan fingerprint density at radius 1 is 1.24 bits per heavy atom. The van der Waals surface area contributed by atoms with E-state index in [0.717, 1.165) is 22.1 Å². The van der Waals surface area contributed by atoms with Gasteiger partial charge in [0.25, 0.3) is 0 Å². The molecule has 0 aliphatic rings. The van der Waals surface area contributed by atoms with Gasteiger partial charge in [0.05, 0.1) is 40.5 Å². The summed E-state index contributed by atoms with van der Waals surface area (Å²) in [5.41, 5.74) is 3.11. The molecule has 3 rings (SSSR count). The summed E-state index contributed by atoms with van der Waals surface area (Å²) in [4.78, 5) is 5.76. The van der Waals surface area contributed by atoms with Crippen molar-refractivity contribution in [2.75, 3.05) is 5.32 Å². The molecular formula is C15H17N5S. The van der Waals surface area contributed by atoms with Crippen molar-refractivity contribution in [3.8, 4) is 5.69 Å². The Bertz CT molecular complexity index is 732. The van der Waals surface area contributed by atoms with E-state index in [1.165, 1.54) is 4.88 Å². The summed E-state index contributed by atoms with van der Waals surface area (Å²) >= 11 is 1.74. The van der Waals surface area contributed by atoms with E-state index >= 15 is 0 Å². The molecule has 5 nitrogen and oxygen atoms in total. The minimum Gasteiger partial charge on any atom is -0.376 e. The number of anilines is 1. The van der Waals surface area contributed by atoms with Crippen LogP contribution < -0.4 is 5.32 Å². The van der Waals surface area contributed by atoms with Gasteiger partial charge in [-0.2, -0.15) is 0 Å². The summed E-state index contributed by atoms with van der Waals surface area (Å²) in [5, 5.41) is 12.6. The Morgan fingerprint density at radius 2 is 2.05 bits per heavy atom. The summed E-state index contributed by atoms with van der Waals surface area (Å²) in [6.45, 7) is 6.25. The molecule has 3 aromatic rings. The van der Waals surface area contributed by atoms with E-state index in [9.17, 15) is 0 Å². The summed E-state index contributed by atoms with van der Waals surface area (Å²) in [5.74, 6) is 0. The van der Waals surface area contributed by atoms with Crippen molar-refractivity contribution in [2.45, 2.75) is 26.8 Å². The maximum Gasteiger partial charge on any atom is 0.0900 e. The zero-order chi connectivity index (χ0) is 14.8. The maximum absolute atomic E-state index is 4.50. The lowest BCUT2D eigenvalue weighted by Crippen LogP contribution is -2.09. The molecule has 0 fully saturated rings. The number of nitrogens with one attached hydrogen (secondary N) is 1. The Kier molecular flexibility index (Phi) is 3.70. The fourth-order valence-electron chi connectivity index (χ4n) is 2.38. The van der Waals surface area contributed by atoms with Crippen LogP contribution in [-0.4, -0.2) is 20.0 Å². The molecule has 1 unspecified atom stereocenters. The standard InChI is InChI=1S/C15H17N5S/c1-10-15(21-12(3)17-10)11(2)18-13-6-4-5-7-14(13)20-9-8-16-19-20/h4-9,11,18H,1-3H3. The van der Waals surface area contributed by atoms with Crippen LogP contribution in [-0.2, 0) is 0 Å². The number of hydrogen-bond donors (Lipinski definition) is 1. The predicted molar refractivity (Wildman–Crippen MR) is 85.0 cm³/mol. The van der Waals surface area contributed by atoms with Gasteiger partial charge in [-0.1, -0.05) is 17.3 Å². The van der Waals surface area contributed by atoms with Gasteiger partial charge in [-0.05, 0) is 32.9 Å². The molecule has 0 amide bonds. The normalized spacial score (nSPS) is 12.3.